The van der Waals surface area contributed by atoms with E-state index in [2.05, 4.69) is 41.1 Å². The number of hydrogen-bond acceptors (Lipinski definition) is 2. The SMILES string of the molecule is Cc1cc(C(N)Cc2ccccc2Br)nc2ccccc12. The summed E-state index contributed by atoms with van der Waals surface area (Å²) in [6.45, 7) is 2.11. The van der Waals surface area contributed by atoms with E-state index in [0.29, 0.717) is 0 Å². The molecule has 0 aliphatic carbocycles. The molecule has 0 amide bonds. The van der Waals surface area contributed by atoms with Gasteiger partial charge in [-0.3, -0.25) is 4.98 Å². The molecule has 1 unspecified atom stereocenters. The van der Waals surface area contributed by atoms with E-state index in [4.69, 9.17) is 10.7 Å². The molecule has 0 aliphatic heterocycles. The second kappa shape index (κ2) is 5.96. The predicted molar refractivity (Wildman–Crippen MR) is 91.3 cm³/mol. The van der Waals surface area contributed by atoms with Gasteiger partial charge in [0, 0.05) is 9.86 Å². The van der Waals surface area contributed by atoms with Gasteiger partial charge in [0.1, 0.15) is 0 Å². The van der Waals surface area contributed by atoms with Crippen molar-refractivity contribution in [1.82, 2.24) is 4.98 Å². The van der Waals surface area contributed by atoms with Gasteiger partial charge in [-0.05, 0) is 42.7 Å². The van der Waals surface area contributed by atoms with Crippen LogP contribution in [0.15, 0.2) is 59.1 Å². The smallest absolute Gasteiger partial charge is 0.0708 e. The molecular weight excluding hydrogens is 324 g/mol. The Morgan fingerprint density at radius 2 is 1.81 bits per heavy atom. The normalized spacial score (nSPS) is 12.5. The molecule has 1 atom stereocenters. The van der Waals surface area contributed by atoms with Crippen LogP contribution in [-0.4, -0.2) is 4.98 Å². The summed E-state index contributed by atoms with van der Waals surface area (Å²) in [6.07, 6.45) is 0.770. The Morgan fingerprint density at radius 3 is 2.62 bits per heavy atom. The van der Waals surface area contributed by atoms with Crippen LogP contribution in [0.2, 0.25) is 0 Å². The van der Waals surface area contributed by atoms with Crippen LogP contribution in [-0.2, 0) is 6.42 Å². The van der Waals surface area contributed by atoms with Gasteiger partial charge in [-0.2, -0.15) is 0 Å². The number of nitrogens with two attached hydrogens (primary N) is 1. The van der Waals surface area contributed by atoms with Gasteiger partial charge >= 0.3 is 0 Å². The molecular formula is C18H17BrN2. The predicted octanol–water partition coefficient (Wildman–Crippen LogP) is 4.55. The molecule has 21 heavy (non-hydrogen) atoms. The van der Waals surface area contributed by atoms with Gasteiger partial charge < -0.3 is 5.73 Å². The first-order valence-corrected chi connectivity index (χ1v) is 7.80. The van der Waals surface area contributed by atoms with Gasteiger partial charge in [-0.15, -0.1) is 0 Å². The summed E-state index contributed by atoms with van der Waals surface area (Å²) in [6, 6.07) is 18.4. The second-order valence-electron chi connectivity index (χ2n) is 5.28. The first kappa shape index (κ1) is 14.2. The van der Waals surface area contributed by atoms with Crippen molar-refractivity contribution in [3.8, 4) is 0 Å². The van der Waals surface area contributed by atoms with Gasteiger partial charge in [-0.1, -0.05) is 52.3 Å². The molecule has 2 aromatic carbocycles. The van der Waals surface area contributed by atoms with Crippen LogP contribution in [0, 0.1) is 6.92 Å². The van der Waals surface area contributed by atoms with E-state index in [9.17, 15) is 0 Å². The van der Waals surface area contributed by atoms with Crippen LogP contribution >= 0.6 is 15.9 Å². The molecule has 0 bridgehead atoms. The first-order chi connectivity index (χ1) is 10.1. The van der Waals surface area contributed by atoms with E-state index in [0.717, 1.165) is 22.1 Å². The lowest BCUT2D eigenvalue weighted by Gasteiger charge is -2.14. The molecule has 106 valence electrons. The van der Waals surface area contributed by atoms with Gasteiger partial charge in [0.25, 0.3) is 0 Å². The highest BCUT2D eigenvalue weighted by molar-refractivity contribution is 9.10. The Labute approximate surface area is 133 Å². The van der Waals surface area contributed by atoms with E-state index in [1.165, 1.54) is 16.5 Å². The van der Waals surface area contributed by atoms with Crippen molar-refractivity contribution < 1.29 is 0 Å². The molecule has 2 nitrogen and oxygen atoms in total. The van der Waals surface area contributed by atoms with Gasteiger partial charge in [0.15, 0.2) is 0 Å². The molecule has 0 saturated heterocycles. The van der Waals surface area contributed by atoms with Crippen LogP contribution in [0.4, 0.5) is 0 Å². The summed E-state index contributed by atoms with van der Waals surface area (Å²) >= 11 is 3.58. The third-order valence-corrected chi connectivity index (χ3v) is 4.49. The fourth-order valence-corrected chi connectivity index (χ4v) is 3.02. The van der Waals surface area contributed by atoms with Crippen LogP contribution in [0.5, 0.6) is 0 Å². The Hall–Kier alpha value is -1.71. The number of aromatic nitrogens is 1. The third kappa shape index (κ3) is 2.99. The number of rotatable bonds is 3. The third-order valence-electron chi connectivity index (χ3n) is 3.72. The largest absolute Gasteiger partial charge is 0.322 e. The zero-order valence-corrected chi connectivity index (χ0v) is 13.5. The molecule has 0 fully saturated rings. The average molecular weight is 341 g/mol. The lowest BCUT2D eigenvalue weighted by atomic mass is 10.0. The van der Waals surface area contributed by atoms with Crippen LogP contribution in [0.25, 0.3) is 10.9 Å². The number of hydrogen-bond donors (Lipinski definition) is 1. The maximum absolute atomic E-state index is 6.37. The standard InChI is InChI=1S/C18H17BrN2/c1-12-10-18(21-17-9-5-3-7-14(12)17)16(20)11-13-6-2-4-8-15(13)19/h2-10,16H,11,20H2,1H3. The molecule has 1 aromatic heterocycles. The van der Waals surface area contributed by atoms with Gasteiger partial charge in [0.2, 0.25) is 0 Å². The Morgan fingerprint density at radius 1 is 1.10 bits per heavy atom. The van der Waals surface area contributed by atoms with E-state index >= 15 is 0 Å². The first-order valence-electron chi connectivity index (χ1n) is 7.00. The quantitative estimate of drug-likeness (QED) is 0.759. The van der Waals surface area contributed by atoms with Gasteiger partial charge in [-0.25, -0.2) is 0 Å². The molecule has 0 aliphatic rings. The lowest BCUT2D eigenvalue weighted by Crippen LogP contribution is -2.15. The van der Waals surface area contributed by atoms with E-state index < -0.39 is 0 Å². The number of aryl methyl sites for hydroxylation is 1. The molecule has 3 heteroatoms. The van der Waals surface area contributed by atoms with Crippen molar-refractivity contribution >= 4 is 26.8 Å². The summed E-state index contributed by atoms with van der Waals surface area (Å²) < 4.78 is 1.10. The number of fused-ring (bicyclic) bond motifs is 1. The van der Waals surface area contributed by atoms with Crippen molar-refractivity contribution in [1.29, 1.82) is 0 Å². The Bertz CT molecular complexity index is 783. The Balaban J connectivity index is 1.95. The zero-order valence-electron chi connectivity index (χ0n) is 11.9. The van der Waals surface area contributed by atoms with E-state index in [-0.39, 0.29) is 6.04 Å². The van der Waals surface area contributed by atoms with Crippen LogP contribution in [0.1, 0.15) is 22.9 Å². The molecule has 1 heterocycles. The zero-order chi connectivity index (χ0) is 14.8. The topological polar surface area (TPSA) is 38.9 Å². The highest BCUT2D eigenvalue weighted by atomic mass is 79.9. The van der Waals surface area contributed by atoms with E-state index in [1.807, 2.05) is 36.4 Å². The molecule has 2 N–H and O–H groups in total. The van der Waals surface area contributed by atoms with Crippen molar-refractivity contribution in [2.75, 3.05) is 0 Å². The highest BCUT2D eigenvalue weighted by Gasteiger charge is 2.12. The minimum Gasteiger partial charge on any atom is -0.322 e. The summed E-state index contributed by atoms with van der Waals surface area (Å²) in [5.41, 5.74) is 10.8. The summed E-state index contributed by atoms with van der Waals surface area (Å²) in [5, 5.41) is 1.19. The number of para-hydroxylation sites is 1. The lowest BCUT2D eigenvalue weighted by molar-refractivity contribution is 0.697. The number of nitrogens with zero attached hydrogens (tertiary/aromatic N) is 1. The fourth-order valence-electron chi connectivity index (χ4n) is 2.57. The molecule has 0 spiro atoms. The van der Waals surface area contributed by atoms with E-state index in [1.54, 1.807) is 0 Å². The van der Waals surface area contributed by atoms with Crippen molar-refractivity contribution in [3.05, 3.63) is 75.9 Å². The monoisotopic (exact) mass is 340 g/mol. The summed E-state index contributed by atoms with van der Waals surface area (Å²) in [7, 11) is 0. The van der Waals surface area contributed by atoms with Crippen molar-refractivity contribution in [2.24, 2.45) is 5.73 Å². The summed E-state index contributed by atoms with van der Waals surface area (Å²) in [5.74, 6) is 0. The van der Waals surface area contributed by atoms with Crippen LogP contribution < -0.4 is 5.73 Å². The Kier molecular flexibility index (Phi) is 4.04. The van der Waals surface area contributed by atoms with Crippen LogP contribution in [0.3, 0.4) is 0 Å². The number of halogens is 1. The maximum Gasteiger partial charge on any atom is 0.0708 e. The molecule has 3 aromatic rings. The minimum atomic E-state index is -0.105. The average Bonchev–Trinajstić information content (AvgIpc) is 2.49. The fraction of sp³-hybridized carbons (Fsp3) is 0.167. The molecule has 3 rings (SSSR count). The van der Waals surface area contributed by atoms with Gasteiger partial charge in [0.05, 0.1) is 17.3 Å². The maximum atomic E-state index is 6.37. The second-order valence-corrected chi connectivity index (χ2v) is 6.14. The summed E-state index contributed by atoms with van der Waals surface area (Å²) in [4.78, 5) is 4.72. The molecule has 0 saturated carbocycles. The highest BCUT2D eigenvalue weighted by Crippen LogP contribution is 2.24. The van der Waals surface area contributed by atoms with Crippen molar-refractivity contribution in [3.63, 3.8) is 0 Å². The number of pyridine rings is 1. The minimum absolute atomic E-state index is 0.105. The van der Waals surface area contributed by atoms with Crippen molar-refractivity contribution in [2.45, 2.75) is 19.4 Å². The molecule has 0 radical (unpaired) electrons. The number of benzene rings is 2.